The number of carbonyl (C=O) groups is 4. The molecule has 6 heterocycles. The van der Waals surface area contributed by atoms with Gasteiger partial charge in [-0.1, -0.05) is 0 Å². The zero-order valence-corrected chi connectivity index (χ0v) is 38.1. The highest BCUT2D eigenvalue weighted by molar-refractivity contribution is 6.02. The van der Waals surface area contributed by atoms with E-state index in [9.17, 15) is 36.7 Å². The summed E-state index contributed by atoms with van der Waals surface area (Å²) >= 11 is 0. The van der Waals surface area contributed by atoms with E-state index in [1.165, 1.54) is 31.5 Å². The van der Waals surface area contributed by atoms with E-state index in [-0.39, 0.29) is 53.8 Å². The molecule has 3 N–H and O–H groups in total. The van der Waals surface area contributed by atoms with Crippen LogP contribution in [0.4, 0.5) is 28.9 Å². The number of fused-ring (bicyclic) bond motifs is 2. The van der Waals surface area contributed by atoms with Gasteiger partial charge in [-0.25, -0.2) is 26.6 Å². The first kappa shape index (κ1) is 47.1. The lowest BCUT2D eigenvalue weighted by Crippen LogP contribution is -2.38. The first-order valence-corrected chi connectivity index (χ1v) is 23.7. The summed E-state index contributed by atoms with van der Waals surface area (Å²) in [6.45, 7) is 1.40. The van der Waals surface area contributed by atoms with E-state index in [0.29, 0.717) is 111 Å². The molecule has 18 heteroatoms. The minimum absolute atomic E-state index is 0.0135. The van der Waals surface area contributed by atoms with Gasteiger partial charge in [-0.3, -0.25) is 19.2 Å². The minimum Gasteiger partial charge on any atom is -0.481 e. The molecule has 10 rings (SSSR count). The molecule has 2 amide bonds. The summed E-state index contributed by atoms with van der Waals surface area (Å²) in [6.07, 6.45) is 14.9. The second kappa shape index (κ2) is 20.3. The Morgan fingerprint density at radius 2 is 1.03 bits per heavy atom. The Bertz CT molecular complexity index is 2870. The average molecular weight is 951 g/mol. The maximum Gasteiger partial charge on any atom is 0.308 e. The lowest BCUT2D eigenvalue weighted by atomic mass is 9.86. The summed E-state index contributed by atoms with van der Waals surface area (Å²) in [7, 11) is 1.40. The van der Waals surface area contributed by atoms with Gasteiger partial charge in [0.1, 0.15) is 23.3 Å². The van der Waals surface area contributed by atoms with Crippen LogP contribution in [0.2, 0.25) is 0 Å². The van der Waals surface area contributed by atoms with Crippen LogP contribution in [-0.2, 0) is 14.3 Å². The van der Waals surface area contributed by atoms with Crippen molar-refractivity contribution in [2.45, 2.75) is 101 Å². The maximum atomic E-state index is 14.5. The molecule has 2 saturated carbocycles. The normalized spacial score (nSPS) is 22.6. The Morgan fingerprint density at radius 1 is 0.594 bits per heavy atom. The Balaban J connectivity index is 0.000000172. The van der Waals surface area contributed by atoms with Gasteiger partial charge in [-0.05, 0) is 138 Å². The number of benzene rings is 2. The number of rotatable bonds is 10. The SMILES string of the molecule is COC(=O)C1CCC(NC(=O)c2cnn3ccc(N4CCC[C@@H]4c4cc(F)ccc4F)cc23)CC1.O=C(NC1CCC(C(=O)O)CC1)c1cnn2ccc(N3CCC[C@@H]3c3cc(F)ccc3F)cc12. The maximum absolute atomic E-state index is 14.5. The Morgan fingerprint density at radius 3 is 1.45 bits per heavy atom. The fraction of sp³-hybridized carbons (Fsp3) is 0.412. The van der Waals surface area contributed by atoms with E-state index in [0.717, 1.165) is 42.4 Å². The molecule has 4 aliphatic rings. The number of ether oxygens (including phenoxy) is 1. The summed E-state index contributed by atoms with van der Waals surface area (Å²) in [4.78, 5) is 53.1. The van der Waals surface area contributed by atoms with Gasteiger partial charge in [0.15, 0.2) is 0 Å². The smallest absolute Gasteiger partial charge is 0.308 e. The predicted molar refractivity (Wildman–Crippen MR) is 248 cm³/mol. The number of carboxylic acid groups (broad SMARTS) is 1. The van der Waals surface area contributed by atoms with Crippen LogP contribution in [0.5, 0.6) is 0 Å². The topological polar surface area (TPSA) is 163 Å². The third-order valence-corrected chi connectivity index (χ3v) is 14.3. The predicted octanol–water partition coefficient (Wildman–Crippen LogP) is 8.74. The fourth-order valence-corrected chi connectivity index (χ4v) is 10.6. The molecule has 2 atom stereocenters. The third-order valence-electron chi connectivity index (χ3n) is 14.3. The molecule has 0 unspecified atom stereocenters. The lowest BCUT2D eigenvalue weighted by molar-refractivity contribution is -0.146. The molecule has 0 radical (unpaired) electrons. The number of carboxylic acids is 1. The molecule has 69 heavy (non-hydrogen) atoms. The molecule has 4 aromatic heterocycles. The highest BCUT2D eigenvalue weighted by Gasteiger charge is 2.33. The van der Waals surface area contributed by atoms with Crippen molar-refractivity contribution >= 4 is 46.2 Å². The van der Waals surface area contributed by atoms with Crippen molar-refractivity contribution in [3.8, 4) is 0 Å². The summed E-state index contributed by atoms with van der Waals surface area (Å²) < 4.78 is 64.8. The number of esters is 1. The largest absolute Gasteiger partial charge is 0.481 e. The molecular weight excluding hydrogens is 897 g/mol. The monoisotopic (exact) mass is 950 g/mol. The lowest BCUT2D eigenvalue weighted by Gasteiger charge is -2.28. The van der Waals surface area contributed by atoms with Crippen molar-refractivity contribution in [2.75, 3.05) is 30.0 Å². The van der Waals surface area contributed by atoms with Gasteiger partial charge < -0.3 is 30.3 Å². The van der Waals surface area contributed by atoms with E-state index in [4.69, 9.17) is 9.84 Å². The molecule has 14 nitrogen and oxygen atoms in total. The number of amides is 2. The number of hydrogen-bond donors (Lipinski definition) is 3. The molecule has 2 saturated heterocycles. The van der Waals surface area contributed by atoms with Crippen molar-refractivity contribution in [1.82, 2.24) is 29.9 Å². The van der Waals surface area contributed by atoms with Gasteiger partial charge in [-0.2, -0.15) is 10.2 Å². The van der Waals surface area contributed by atoms with Crippen molar-refractivity contribution < 1.29 is 46.6 Å². The second-order valence-corrected chi connectivity index (χ2v) is 18.5. The number of carbonyl (C=O) groups excluding carboxylic acids is 3. The van der Waals surface area contributed by atoms with E-state index < -0.39 is 29.2 Å². The molecule has 2 aromatic carbocycles. The highest BCUT2D eigenvalue weighted by atomic mass is 19.1. The van der Waals surface area contributed by atoms with Gasteiger partial charge in [0.2, 0.25) is 0 Å². The standard InChI is InChI=1S/C26H28F2N4O3.C25H26F2N4O3/c1-35-26(34)16-4-7-18(8-5-16)30-25(33)21-15-29-32-12-10-19(14-24(21)32)31-11-2-3-23(31)20-13-17(27)6-9-22(20)28;26-16-5-8-21(27)19(12-16)22-2-1-10-30(22)18-9-11-31-23(13-18)20(14-28-31)24(32)29-17-6-3-15(4-7-17)25(33)34/h6,9-10,12-16,18,23H,2-5,7-8,11H2,1H3,(H,30,33);5,8-9,11-15,17,22H,1-4,6-7,10H2,(H,29,32)(H,33,34)/t16?,18?,23-;15?,17?,22-/m11/s1. The van der Waals surface area contributed by atoms with Crippen molar-refractivity contribution in [1.29, 1.82) is 0 Å². The highest BCUT2D eigenvalue weighted by Crippen LogP contribution is 2.40. The van der Waals surface area contributed by atoms with Crippen molar-refractivity contribution in [2.24, 2.45) is 11.8 Å². The first-order valence-electron chi connectivity index (χ1n) is 23.7. The molecule has 4 fully saturated rings. The van der Waals surface area contributed by atoms with Gasteiger partial charge in [0, 0.05) is 60.1 Å². The van der Waals surface area contributed by atoms with Gasteiger partial charge in [0.25, 0.3) is 11.8 Å². The molecule has 2 aliphatic carbocycles. The number of aromatic nitrogens is 4. The van der Waals surface area contributed by atoms with Crippen molar-refractivity contribution in [3.63, 3.8) is 0 Å². The van der Waals surface area contributed by atoms with E-state index in [1.54, 1.807) is 27.6 Å². The van der Waals surface area contributed by atoms with Crippen LogP contribution in [0.1, 0.15) is 121 Å². The number of anilines is 2. The van der Waals surface area contributed by atoms with Gasteiger partial charge >= 0.3 is 11.9 Å². The van der Waals surface area contributed by atoms with Crippen LogP contribution in [-0.4, -0.2) is 80.4 Å². The summed E-state index contributed by atoms with van der Waals surface area (Å²) in [6, 6.07) is 13.9. The molecule has 2 aliphatic heterocycles. The second-order valence-electron chi connectivity index (χ2n) is 18.5. The van der Waals surface area contributed by atoms with Crippen LogP contribution in [0.15, 0.2) is 85.5 Å². The number of hydrogen-bond acceptors (Lipinski definition) is 9. The first-order chi connectivity index (χ1) is 33.3. The van der Waals surface area contributed by atoms with Crippen LogP contribution in [0, 0.1) is 35.1 Å². The van der Waals surface area contributed by atoms with Crippen LogP contribution in [0.3, 0.4) is 0 Å². The molecule has 0 spiro atoms. The van der Waals surface area contributed by atoms with E-state index >= 15 is 0 Å². The number of halogens is 4. The molecular formula is C51H54F4N8O6. The van der Waals surface area contributed by atoms with E-state index in [1.807, 2.05) is 29.2 Å². The Hall–Kier alpha value is -6.98. The van der Waals surface area contributed by atoms with Crippen molar-refractivity contribution in [3.05, 3.63) is 131 Å². The fourth-order valence-electron chi connectivity index (χ4n) is 10.6. The van der Waals surface area contributed by atoms with Gasteiger partial charge in [0.05, 0.1) is 65.6 Å². The van der Waals surface area contributed by atoms with E-state index in [2.05, 4.69) is 25.7 Å². The number of nitrogens with zero attached hydrogens (tertiary/aromatic N) is 6. The average Bonchev–Trinajstić information content (AvgIpc) is 4.20. The quantitative estimate of drug-likeness (QED) is 0.0895. The summed E-state index contributed by atoms with van der Waals surface area (Å²) in [5, 5.41) is 23.9. The minimum atomic E-state index is -0.779. The third kappa shape index (κ3) is 10.1. The molecule has 0 bridgehead atoms. The summed E-state index contributed by atoms with van der Waals surface area (Å²) in [5.74, 6) is -3.66. The van der Waals surface area contributed by atoms with Crippen LogP contribution >= 0.6 is 0 Å². The molecule has 6 aromatic rings. The number of methoxy groups -OCH3 is 1. The number of pyridine rings is 2. The van der Waals surface area contributed by atoms with Crippen LogP contribution < -0.4 is 20.4 Å². The Kier molecular flexibility index (Phi) is 13.9. The van der Waals surface area contributed by atoms with Gasteiger partial charge in [-0.15, -0.1) is 0 Å². The zero-order valence-electron chi connectivity index (χ0n) is 38.1. The van der Waals surface area contributed by atoms with Crippen LogP contribution in [0.25, 0.3) is 11.0 Å². The zero-order chi connectivity index (χ0) is 48.3. The Labute approximate surface area is 395 Å². The molecule has 362 valence electrons. The summed E-state index contributed by atoms with van der Waals surface area (Å²) in [5.41, 5.74) is 4.47. The number of aliphatic carboxylic acids is 1. The number of nitrogens with one attached hydrogen (secondary N) is 2.